The van der Waals surface area contributed by atoms with Crippen LogP contribution in [0.2, 0.25) is 5.02 Å². The van der Waals surface area contributed by atoms with Crippen LogP contribution < -0.4 is 9.62 Å². The molecular weight excluding hydrogens is 614 g/mol. The molecule has 0 heterocycles. The van der Waals surface area contributed by atoms with Gasteiger partial charge in [0.1, 0.15) is 12.6 Å². The van der Waals surface area contributed by atoms with E-state index >= 15 is 0 Å². The lowest BCUT2D eigenvalue weighted by atomic mass is 10.0. The number of carbonyl (C=O) groups is 2. The molecule has 0 radical (unpaired) electrons. The molecule has 0 saturated carbocycles. The Morgan fingerprint density at radius 2 is 1.62 bits per heavy atom. The normalized spacial score (nSPS) is 12.8. The van der Waals surface area contributed by atoms with Gasteiger partial charge in [-0.25, -0.2) is 8.42 Å². The van der Waals surface area contributed by atoms with Crippen molar-refractivity contribution in [2.45, 2.75) is 52.2 Å². The standard InChI is InChI=1S/C30H35BrClN3O4S/c1-5-21(2)33-30(37)28(18-23-10-7-6-8-11-23)34(19-24-14-16-25(31)17-15-24)29(36)20-35(40(4,38)39)27-13-9-12-26(32)22(27)3/h6-17,21,28H,5,18-20H2,1-4H3,(H,33,37)/t21-,28-/m1/s1. The maximum atomic E-state index is 14.1. The highest BCUT2D eigenvalue weighted by Crippen LogP contribution is 2.28. The second-order valence-corrected chi connectivity index (χ2v) is 13.1. The number of hydrogen-bond acceptors (Lipinski definition) is 4. The molecule has 10 heteroatoms. The van der Waals surface area contributed by atoms with E-state index in [9.17, 15) is 18.0 Å². The van der Waals surface area contributed by atoms with E-state index in [0.29, 0.717) is 16.3 Å². The van der Waals surface area contributed by atoms with Crippen LogP contribution in [0.5, 0.6) is 0 Å². The Bertz CT molecular complexity index is 1420. The Hall–Kier alpha value is -2.88. The third-order valence-electron chi connectivity index (χ3n) is 6.73. The predicted molar refractivity (Wildman–Crippen MR) is 165 cm³/mol. The molecule has 40 heavy (non-hydrogen) atoms. The van der Waals surface area contributed by atoms with Crippen molar-refractivity contribution in [3.8, 4) is 0 Å². The summed E-state index contributed by atoms with van der Waals surface area (Å²) >= 11 is 9.73. The average Bonchev–Trinajstić information content (AvgIpc) is 2.91. The molecule has 0 aliphatic heterocycles. The fourth-order valence-electron chi connectivity index (χ4n) is 4.24. The fraction of sp³-hybridized carbons (Fsp3) is 0.333. The largest absolute Gasteiger partial charge is 0.352 e. The molecule has 214 valence electrons. The van der Waals surface area contributed by atoms with Gasteiger partial charge < -0.3 is 10.2 Å². The van der Waals surface area contributed by atoms with Gasteiger partial charge in [0.25, 0.3) is 0 Å². The second-order valence-electron chi connectivity index (χ2n) is 9.83. The van der Waals surface area contributed by atoms with E-state index < -0.39 is 28.5 Å². The van der Waals surface area contributed by atoms with Crippen LogP contribution >= 0.6 is 27.5 Å². The van der Waals surface area contributed by atoms with Crippen molar-refractivity contribution in [3.63, 3.8) is 0 Å². The monoisotopic (exact) mass is 647 g/mol. The number of halogens is 2. The summed E-state index contributed by atoms with van der Waals surface area (Å²) in [5.41, 5.74) is 2.54. The number of amides is 2. The molecule has 0 bridgehead atoms. The van der Waals surface area contributed by atoms with E-state index in [1.54, 1.807) is 25.1 Å². The molecule has 1 N–H and O–H groups in total. The lowest BCUT2D eigenvalue weighted by molar-refractivity contribution is -0.140. The number of benzene rings is 3. The van der Waals surface area contributed by atoms with Gasteiger partial charge in [0, 0.05) is 28.5 Å². The third-order valence-corrected chi connectivity index (χ3v) is 8.79. The molecule has 3 aromatic carbocycles. The Morgan fingerprint density at radius 3 is 2.23 bits per heavy atom. The van der Waals surface area contributed by atoms with Gasteiger partial charge >= 0.3 is 0 Å². The highest BCUT2D eigenvalue weighted by Gasteiger charge is 2.33. The summed E-state index contributed by atoms with van der Waals surface area (Å²) in [7, 11) is -3.87. The molecule has 0 unspecified atom stereocenters. The first-order valence-electron chi connectivity index (χ1n) is 13.0. The predicted octanol–water partition coefficient (Wildman–Crippen LogP) is 5.73. The minimum atomic E-state index is -3.87. The Kier molecular flexibility index (Phi) is 11.2. The lowest BCUT2D eigenvalue weighted by Gasteiger charge is -2.34. The van der Waals surface area contributed by atoms with Crippen LogP contribution in [-0.2, 0) is 32.6 Å². The van der Waals surface area contributed by atoms with Crippen molar-refractivity contribution in [2.75, 3.05) is 17.1 Å². The summed E-state index contributed by atoms with van der Waals surface area (Å²) in [5.74, 6) is -0.804. The number of nitrogens with one attached hydrogen (secondary N) is 1. The fourth-order valence-corrected chi connectivity index (χ4v) is 5.58. The zero-order valence-corrected chi connectivity index (χ0v) is 26.3. The second kappa shape index (κ2) is 14.1. The highest BCUT2D eigenvalue weighted by atomic mass is 79.9. The van der Waals surface area contributed by atoms with Gasteiger partial charge in [0.15, 0.2) is 0 Å². The first kappa shape index (κ1) is 31.6. The SMILES string of the molecule is CC[C@@H](C)NC(=O)[C@@H](Cc1ccccc1)N(Cc1ccc(Br)cc1)C(=O)CN(c1cccc(Cl)c1C)S(C)(=O)=O. The molecule has 0 fully saturated rings. The van der Waals surface area contributed by atoms with Gasteiger partial charge in [-0.3, -0.25) is 13.9 Å². The van der Waals surface area contributed by atoms with Crippen molar-refractivity contribution in [3.05, 3.63) is 99.0 Å². The van der Waals surface area contributed by atoms with Crippen molar-refractivity contribution in [2.24, 2.45) is 0 Å². The summed E-state index contributed by atoms with van der Waals surface area (Å²) in [5, 5.41) is 3.41. The van der Waals surface area contributed by atoms with E-state index in [2.05, 4.69) is 21.2 Å². The molecule has 3 rings (SSSR count). The summed E-state index contributed by atoms with van der Waals surface area (Å²) in [6.07, 6.45) is 2.04. The Morgan fingerprint density at radius 1 is 0.975 bits per heavy atom. The highest BCUT2D eigenvalue weighted by molar-refractivity contribution is 9.10. The quantitative estimate of drug-likeness (QED) is 0.272. The Labute approximate surface area is 250 Å². The number of rotatable bonds is 12. The summed E-state index contributed by atoms with van der Waals surface area (Å²) in [6.45, 7) is 5.21. The Balaban J connectivity index is 2.08. The molecule has 0 aromatic heterocycles. The molecular formula is C30H35BrClN3O4S. The molecule has 3 aromatic rings. The van der Waals surface area contributed by atoms with Crippen LogP contribution in [0.4, 0.5) is 5.69 Å². The number of carbonyl (C=O) groups excluding carboxylic acids is 2. The smallest absolute Gasteiger partial charge is 0.244 e. The maximum Gasteiger partial charge on any atom is 0.244 e. The van der Waals surface area contributed by atoms with Crippen LogP contribution in [0.25, 0.3) is 0 Å². The first-order valence-corrected chi connectivity index (χ1v) is 16.0. The van der Waals surface area contributed by atoms with Gasteiger partial charge in [-0.1, -0.05) is 83.0 Å². The van der Waals surface area contributed by atoms with Crippen molar-refractivity contribution in [1.82, 2.24) is 10.2 Å². The van der Waals surface area contributed by atoms with Gasteiger partial charge in [0.05, 0.1) is 11.9 Å². The van der Waals surface area contributed by atoms with Crippen LogP contribution in [0.3, 0.4) is 0 Å². The lowest BCUT2D eigenvalue weighted by Crippen LogP contribution is -2.54. The topological polar surface area (TPSA) is 86.8 Å². The van der Waals surface area contributed by atoms with Crippen LogP contribution in [0, 0.1) is 6.92 Å². The number of hydrogen-bond donors (Lipinski definition) is 1. The minimum Gasteiger partial charge on any atom is -0.352 e. The van der Waals surface area contributed by atoms with Gasteiger partial charge in [-0.15, -0.1) is 0 Å². The number of sulfonamides is 1. The van der Waals surface area contributed by atoms with Gasteiger partial charge in [-0.2, -0.15) is 0 Å². The molecule has 0 saturated heterocycles. The van der Waals surface area contributed by atoms with E-state index in [-0.39, 0.29) is 24.9 Å². The average molecular weight is 649 g/mol. The molecule has 0 spiro atoms. The van der Waals surface area contributed by atoms with E-state index in [1.165, 1.54) is 4.90 Å². The van der Waals surface area contributed by atoms with Crippen LogP contribution in [-0.4, -0.2) is 50.0 Å². The minimum absolute atomic E-state index is 0.1000. The van der Waals surface area contributed by atoms with Crippen molar-refractivity contribution >= 4 is 55.1 Å². The molecule has 2 amide bonds. The van der Waals surface area contributed by atoms with Gasteiger partial charge in [-0.05, 0) is 61.2 Å². The maximum absolute atomic E-state index is 14.1. The molecule has 7 nitrogen and oxygen atoms in total. The number of anilines is 1. The number of nitrogens with zero attached hydrogens (tertiary/aromatic N) is 2. The third kappa shape index (κ3) is 8.56. The van der Waals surface area contributed by atoms with Crippen molar-refractivity contribution in [1.29, 1.82) is 0 Å². The van der Waals surface area contributed by atoms with E-state index in [1.807, 2.05) is 68.4 Å². The van der Waals surface area contributed by atoms with Crippen molar-refractivity contribution < 1.29 is 18.0 Å². The van der Waals surface area contributed by atoms with Gasteiger partial charge in [0.2, 0.25) is 21.8 Å². The summed E-state index contributed by atoms with van der Waals surface area (Å²) in [4.78, 5) is 29.3. The van der Waals surface area contributed by atoms with E-state index in [0.717, 1.165) is 32.6 Å². The zero-order chi connectivity index (χ0) is 29.4. The summed E-state index contributed by atoms with van der Waals surface area (Å²) < 4.78 is 27.8. The molecule has 0 aliphatic carbocycles. The van der Waals surface area contributed by atoms with Crippen LogP contribution in [0.1, 0.15) is 37.0 Å². The molecule has 2 atom stereocenters. The molecule has 0 aliphatic rings. The summed E-state index contributed by atoms with van der Waals surface area (Å²) in [6, 6.07) is 20.9. The van der Waals surface area contributed by atoms with Crippen LogP contribution in [0.15, 0.2) is 77.3 Å². The first-order chi connectivity index (χ1) is 18.9. The van der Waals surface area contributed by atoms with E-state index in [4.69, 9.17) is 11.6 Å². The zero-order valence-electron chi connectivity index (χ0n) is 23.1.